The van der Waals surface area contributed by atoms with Crippen LogP contribution in [0.4, 0.5) is 0 Å². The first kappa shape index (κ1) is 9.51. The van der Waals surface area contributed by atoms with Gasteiger partial charge in [-0.25, -0.2) is 4.79 Å². The molecule has 0 atom stereocenters. The first-order valence-electron chi connectivity index (χ1n) is 5.57. The van der Waals surface area contributed by atoms with Crippen molar-refractivity contribution in [2.75, 3.05) is 6.61 Å². The first-order chi connectivity index (χ1) is 7.79. The van der Waals surface area contributed by atoms with Gasteiger partial charge >= 0.3 is 5.97 Å². The van der Waals surface area contributed by atoms with Gasteiger partial charge < -0.3 is 14.1 Å². The lowest BCUT2D eigenvalue weighted by atomic mass is 10.2. The van der Waals surface area contributed by atoms with Gasteiger partial charge in [-0.3, -0.25) is 0 Å². The molecule has 1 fully saturated rings. The summed E-state index contributed by atoms with van der Waals surface area (Å²) in [5, 5.41) is 0. The van der Waals surface area contributed by atoms with Crippen LogP contribution in [0, 0.1) is 0 Å². The van der Waals surface area contributed by atoms with Crippen LogP contribution in [0.1, 0.15) is 41.7 Å². The second kappa shape index (κ2) is 3.40. The minimum atomic E-state index is -0.323. The highest BCUT2D eigenvalue weighted by Crippen LogP contribution is 2.43. The lowest BCUT2D eigenvalue weighted by molar-refractivity contribution is 0.0520. The molecule has 2 aromatic heterocycles. The Hall–Kier alpha value is -1.71. The van der Waals surface area contributed by atoms with E-state index in [1.807, 2.05) is 0 Å². The topological polar surface area (TPSA) is 55.2 Å². The van der Waals surface area contributed by atoms with Crippen molar-refractivity contribution in [3.63, 3.8) is 0 Å². The number of fused-ring (bicyclic) bond motifs is 1. The van der Waals surface area contributed by atoms with E-state index in [1.165, 1.54) is 18.4 Å². The summed E-state index contributed by atoms with van der Waals surface area (Å²) in [6.45, 7) is 2.18. The number of aromatic amines is 1. The third-order valence-electron chi connectivity index (χ3n) is 2.90. The quantitative estimate of drug-likeness (QED) is 0.807. The number of hydrogen-bond donors (Lipinski definition) is 1. The third-order valence-corrected chi connectivity index (χ3v) is 2.90. The molecule has 2 aromatic rings. The smallest absolute Gasteiger partial charge is 0.354 e. The third kappa shape index (κ3) is 1.41. The van der Waals surface area contributed by atoms with Gasteiger partial charge in [0.25, 0.3) is 0 Å². The van der Waals surface area contributed by atoms with Gasteiger partial charge in [-0.1, -0.05) is 0 Å². The van der Waals surface area contributed by atoms with Gasteiger partial charge in [-0.2, -0.15) is 0 Å². The molecule has 1 saturated carbocycles. The SMILES string of the molecule is CCOC(=O)c1cc2occ(C3CC3)c2[nH]1. The van der Waals surface area contributed by atoms with Crippen molar-refractivity contribution in [1.29, 1.82) is 0 Å². The molecule has 0 saturated heterocycles. The molecule has 3 rings (SSSR count). The van der Waals surface area contributed by atoms with Crippen LogP contribution in [-0.2, 0) is 4.74 Å². The number of furan rings is 1. The summed E-state index contributed by atoms with van der Waals surface area (Å²) in [5.41, 5.74) is 3.35. The molecule has 1 aliphatic rings. The highest BCUT2D eigenvalue weighted by molar-refractivity contribution is 5.94. The van der Waals surface area contributed by atoms with Gasteiger partial charge in [0.05, 0.1) is 18.4 Å². The molecule has 4 heteroatoms. The van der Waals surface area contributed by atoms with Gasteiger partial charge in [-0.15, -0.1) is 0 Å². The molecule has 0 bridgehead atoms. The summed E-state index contributed by atoms with van der Waals surface area (Å²) in [6, 6.07) is 1.71. The molecule has 4 nitrogen and oxygen atoms in total. The van der Waals surface area contributed by atoms with E-state index in [1.54, 1.807) is 19.3 Å². The lowest BCUT2D eigenvalue weighted by Crippen LogP contribution is -2.04. The number of carbonyl (C=O) groups is 1. The number of esters is 1. The predicted molar refractivity (Wildman–Crippen MR) is 58.5 cm³/mol. The molecule has 0 aromatic carbocycles. The van der Waals surface area contributed by atoms with E-state index in [-0.39, 0.29) is 5.97 Å². The lowest BCUT2D eigenvalue weighted by Gasteiger charge is -1.97. The summed E-state index contributed by atoms with van der Waals surface area (Å²) in [4.78, 5) is 14.6. The number of ether oxygens (including phenoxy) is 1. The van der Waals surface area contributed by atoms with Crippen LogP contribution in [0.5, 0.6) is 0 Å². The summed E-state index contributed by atoms with van der Waals surface area (Å²) in [6.07, 6.45) is 4.21. The first-order valence-corrected chi connectivity index (χ1v) is 5.57. The van der Waals surface area contributed by atoms with E-state index in [9.17, 15) is 4.79 Å². The van der Waals surface area contributed by atoms with Crippen molar-refractivity contribution < 1.29 is 13.9 Å². The van der Waals surface area contributed by atoms with Crippen molar-refractivity contribution in [2.24, 2.45) is 0 Å². The summed E-state index contributed by atoms with van der Waals surface area (Å²) < 4.78 is 10.4. The average molecular weight is 219 g/mol. The number of aromatic nitrogens is 1. The van der Waals surface area contributed by atoms with Gasteiger partial charge in [0.2, 0.25) is 0 Å². The Kier molecular flexibility index (Phi) is 2.02. The summed E-state index contributed by atoms with van der Waals surface area (Å²) in [7, 11) is 0. The second-order valence-electron chi connectivity index (χ2n) is 4.11. The summed E-state index contributed by atoms with van der Waals surface area (Å²) >= 11 is 0. The highest BCUT2D eigenvalue weighted by Gasteiger charge is 2.28. The van der Waals surface area contributed by atoms with E-state index in [4.69, 9.17) is 9.15 Å². The summed E-state index contributed by atoms with van der Waals surface area (Å²) in [5.74, 6) is 0.283. The number of nitrogens with one attached hydrogen (secondary N) is 1. The Morgan fingerprint density at radius 2 is 2.44 bits per heavy atom. The molecule has 1 N–H and O–H groups in total. The number of H-pyrrole nitrogens is 1. The minimum absolute atomic E-state index is 0.323. The van der Waals surface area contributed by atoms with Crippen LogP contribution in [-0.4, -0.2) is 17.6 Å². The molecule has 0 radical (unpaired) electrons. The molecule has 0 amide bonds. The maximum absolute atomic E-state index is 11.5. The minimum Gasteiger partial charge on any atom is -0.462 e. The van der Waals surface area contributed by atoms with Crippen molar-refractivity contribution >= 4 is 17.1 Å². The predicted octanol–water partition coefficient (Wildman–Crippen LogP) is 2.82. The van der Waals surface area contributed by atoms with E-state index in [0.29, 0.717) is 18.2 Å². The van der Waals surface area contributed by atoms with Crippen LogP contribution >= 0.6 is 0 Å². The molecule has 1 aliphatic carbocycles. The van der Waals surface area contributed by atoms with Gasteiger partial charge in [-0.05, 0) is 25.7 Å². The molecule has 0 spiro atoms. The van der Waals surface area contributed by atoms with E-state index in [2.05, 4.69) is 4.98 Å². The van der Waals surface area contributed by atoms with Gasteiger partial charge in [0, 0.05) is 11.6 Å². The fourth-order valence-corrected chi connectivity index (χ4v) is 1.94. The molecular formula is C12H13NO3. The van der Waals surface area contributed by atoms with Crippen LogP contribution in [0.15, 0.2) is 16.7 Å². The van der Waals surface area contributed by atoms with Gasteiger partial charge in [0.15, 0.2) is 5.58 Å². The van der Waals surface area contributed by atoms with Crippen LogP contribution in [0.2, 0.25) is 0 Å². The molecular weight excluding hydrogens is 206 g/mol. The Morgan fingerprint density at radius 1 is 1.62 bits per heavy atom. The Morgan fingerprint density at radius 3 is 3.12 bits per heavy atom. The van der Waals surface area contributed by atoms with Crippen molar-refractivity contribution in [1.82, 2.24) is 4.98 Å². The molecule has 0 aliphatic heterocycles. The fraction of sp³-hybridized carbons (Fsp3) is 0.417. The number of carbonyl (C=O) groups excluding carboxylic acids is 1. The van der Waals surface area contributed by atoms with Crippen molar-refractivity contribution in [3.8, 4) is 0 Å². The van der Waals surface area contributed by atoms with E-state index >= 15 is 0 Å². The normalized spacial score (nSPS) is 15.6. The monoisotopic (exact) mass is 219 g/mol. The molecule has 16 heavy (non-hydrogen) atoms. The fourth-order valence-electron chi connectivity index (χ4n) is 1.94. The molecule has 0 unspecified atom stereocenters. The Balaban J connectivity index is 1.99. The zero-order valence-electron chi connectivity index (χ0n) is 9.08. The van der Waals surface area contributed by atoms with Crippen LogP contribution < -0.4 is 0 Å². The largest absolute Gasteiger partial charge is 0.462 e. The van der Waals surface area contributed by atoms with Crippen molar-refractivity contribution in [3.05, 3.63) is 23.6 Å². The zero-order chi connectivity index (χ0) is 11.1. The van der Waals surface area contributed by atoms with Gasteiger partial charge in [0.1, 0.15) is 5.69 Å². The van der Waals surface area contributed by atoms with E-state index in [0.717, 1.165) is 11.1 Å². The van der Waals surface area contributed by atoms with Crippen LogP contribution in [0.25, 0.3) is 11.1 Å². The van der Waals surface area contributed by atoms with Crippen LogP contribution in [0.3, 0.4) is 0 Å². The average Bonchev–Trinajstić information content (AvgIpc) is 2.89. The number of rotatable bonds is 3. The highest BCUT2D eigenvalue weighted by atomic mass is 16.5. The second-order valence-corrected chi connectivity index (χ2v) is 4.11. The Bertz CT molecular complexity index is 533. The molecule has 84 valence electrons. The standard InChI is InChI=1S/C12H13NO3/c1-2-15-12(14)9-5-10-11(13-9)8(6-16-10)7-3-4-7/h5-7,13H,2-4H2,1H3. The maximum atomic E-state index is 11.5. The number of hydrogen-bond acceptors (Lipinski definition) is 3. The maximum Gasteiger partial charge on any atom is 0.354 e. The molecule has 2 heterocycles. The zero-order valence-corrected chi connectivity index (χ0v) is 9.08. The van der Waals surface area contributed by atoms with E-state index < -0.39 is 0 Å². The van der Waals surface area contributed by atoms with Crippen molar-refractivity contribution in [2.45, 2.75) is 25.7 Å². The Labute approximate surface area is 92.6 Å².